The van der Waals surface area contributed by atoms with Crippen molar-refractivity contribution in [1.29, 1.82) is 0 Å². The summed E-state index contributed by atoms with van der Waals surface area (Å²) >= 11 is 12.2. The first-order valence-electron chi connectivity index (χ1n) is 12.2. The van der Waals surface area contributed by atoms with E-state index < -0.39 is 40.2 Å². The van der Waals surface area contributed by atoms with E-state index in [1.165, 1.54) is 42.2 Å². The van der Waals surface area contributed by atoms with Crippen LogP contribution in [0.25, 0.3) is 0 Å². The zero-order valence-electron chi connectivity index (χ0n) is 22.0. The Hall–Kier alpha value is -3.14. The molecule has 7 nitrogen and oxygen atoms in total. The van der Waals surface area contributed by atoms with Gasteiger partial charge in [0.2, 0.25) is 11.8 Å². The highest BCUT2D eigenvalue weighted by molar-refractivity contribution is 7.92. The predicted molar refractivity (Wildman–Crippen MR) is 152 cm³/mol. The van der Waals surface area contributed by atoms with Gasteiger partial charge in [0.25, 0.3) is 10.0 Å². The van der Waals surface area contributed by atoms with Crippen LogP contribution in [0.1, 0.15) is 31.9 Å². The summed E-state index contributed by atoms with van der Waals surface area (Å²) in [7, 11) is -4.37. The molecule has 39 heavy (non-hydrogen) atoms. The van der Waals surface area contributed by atoms with Gasteiger partial charge in [0.05, 0.1) is 20.6 Å². The van der Waals surface area contributed by atoms with Crippen molar-refractivity contribution >= 4 is 50.7 Å². The lowest BCUT2D eigenvalue weighted by Gasteiger charge is -2.32. The van der Waals surface area contributed by atoms with Crippen LogP contribution in [0.2, 0.25) is 10.0 Å². The van der Waals surface area contributed by atoms with Crippen LogP contribution in [-0.2, 0) is 26.2 Å². The fourth-order valence-electron chi connectivity index (χ4n) is 3.83. The minimum Gasteiger partial charge on any atom is -0.352 e. The van der Waals surface area contributed by atoms with E-state index in [4.69, 9.17) is 23.2 Å². The van der Waals surface area contributed by atoms with Crippen LogP contribution in [-0.4, -0.2) is 43.8 Å². The van der Waals surface area contributed by atoms with Gasteiger partial charge in [-0.1, -0.05) is 59.1 Å². The van der Waals surface area contributed by atoms with Crippen LogP contribution in [0, 0.1) is 12.7 Å². The summed E-state index contributed by atoms with van der Waals surface area (Å²) in [6.45, 7) is 6.08. The molecule has 1 N–H and O–H groups in total. The Morgan fingerprint density at radius 3 is 2.18 bits per heavy atom. The molecule has 0 aliphatic rings. The molecule has 0 heterocycles. The van der Waals surface area contributed by atoms with Crippen molar-refractivity contribution in [2.75, 3.05) is 10.8 Å². The van der Waals surface area contributed by atoms with Gasteiger partial charge in [-0.05, 0) is 69.7 Å². The fourth-order valence-corrected chi connectivity index (χ4v) is 5.57. The lowest BCUT2D eigenvalue weighted by molar-refractivity contribution is -0.139. The second kappa shape index (κ2) is 12.8. The highest BCUT2D eigenvalue weighted by Gasteiger charge is 2.33. The lowest BCUT2D eigenvalue weighted by atomic mass is 10.1. The summed E-state index contributed by atoms with van der Waals surface area (Å²) in [5, 5.41) is 3.35. The van der Waals surface area contributed by atoms with Gasteiger partial charge in [-0.15, -0.1) is 0 Å². The molecular formula is C28H30Cl2FN3O4S. The summed E-state index contributed by atoms with van der Waals surface area (Å²) in [4.78, 5) is 27.9. The third-order valence-electron chi connectivity index (χ3n) is 5.94. The summed E-state index contributed by atoms with van der Waals surface area (Å²) in [5.74, 6) is -1.97. The average molecular weight is 595 g/mol. The third kappa shape index (κ3) is 7.50. The number of anilines is 1. The Bertz CT molecular complexity index is 1450. The van der Waals surface area contributed by atoms with Crippen molar-refractivity contribution < 1.29 is 22.4 Å². The second-order valence-electron chi connectivity index (χ2n) is 9.39. The molecule has 0 saturated carbocycles. The van der Waals surface area contributed by atoms with Crippen molar-refractivity contribution in [2.45, 2.75) is 51.2 Å². The first kappa shape index (κ1) is 30.4. The first-order chi connectivity index (χ1) is 18.3. The second-order valence-corrected chi connectivity index (χ2v) is 12.1. The van der Waals surface area contributed by atoms with Gasteiger partial charge in [0.1, 0.15) is 18.4 Å². The molecule has 0 spiro atoms. The fraction of sp³-hybridized carbons (Fsp3) is 0.286. The number of aryl methyl sites for hydroxylation is 1. The zero-order chi connectivity index (χ0) is 28.9. The molecule has 3 aromatic carbocycles. The van der Waals surface area contributed by atoms with Gasteiger partial charge in [-0.25, -0.2) is 12.8 Å². The topological polar surface area (TPSA) is 86.8 Å². The smallest absolute Gasteiger partial charge is 0.264 e. The molecule has 0 fully saturated rings. The Labute approximate surface area is 238 Å². The molecule has 208 valence electrons. The number of halogens is 3. The van der Waals surface area contributed by atoms with E-state index in [0.29, 0.717) is 10.6 Å². The first-order valence-corrected chi connectivity index (χ1v) is 14.4. The number of nitrogens with one attached hydrogen (secondary N) is 1. The monoisotopic (exact) mass is 593 g/mol. The van der Waals surface area contributed by atoms with E-state index in [1.807, 2.05) is 0 Å². The van der Waals surface area contributed by atoms with Gasteiger partial charge >= 0.3 is 0 Å². The van der Waals surface area contributed by atoms with E-state index in [2.05, 4.69) is 5.32 Å². The maximum absolute atomic E-state index is 14.9. The number of hydrogen-bond acceptors (Lipinski definition) is 4. The number of para-hydroxylation sites is 1. The van der Waals surface area contributed by atoms with Crippen LogP contribution in [0.15, 0.2) is 71.6 Å². The molecule has 0 aliphatic heterocycles. The maximum Gasteiger partial charge on any atom is 0.264 e. The highest BCUT2D eigenvalue weighted by atomic mass is 35.5. The molecule has 2 amide bonds. The standard InChI is InChI=1S/C28H30Cl2FN3O4S/c1-18(2)32-28(36)20(4)33(16-21-11-14-23(29)24(30)15-21)27(35)17-34(26-8-6-5-7-25(26)31)39(37,38)22-12-9-19(3)10-13-22/h5-15,18,20H,16-17H2,1-4H3,(H,32,36)/t20-/m0/s1. The number of nitrogens with zero attached hydrogens (tertiary/aromatic N) is 2. The third-order valence-corrected chi connectivity index (χ3v) is 8.46. The summed E-state index contributed by atoms with van der Waals surface area (Å²) in [6.07, 6.45) is 0. The van der Waals surface area contributed by atoms with Gasteiger partial charge in [-0.2, -0.15) is 0 Å². The molecule has 0 aromatic heterocycles. The Morgan fingerprint density at radius 2 is 1.59 bits per heavy atom. The number of amides is 2. The van der Waals surface area contributed by atoms with Crippen LogP contribution in [0.5, 0.6) is 0 Å². The number of carbonyl (C=O) groups excluding carboxylic acids is 2. The number of carbonyl (C=O) groups is 2. The van der Waals surface area contributed by atoms with E-state index in [-0.39, 0.29) is 28.2 Å². The van der Waals surface area contributed by atoms with Crippen LogP contribution < -0.4 is 9.62 Å². The number of rotatable bonds is 10. The molecule has 0 unspecified atom stereocenters. The van der Waals surface area contributed by atoms with Crippen LogP contribution in [0.3, 0.4) is 0 Å². The van der Waals surface area contributed by atoms with Crippen molar-refractivity contribution in [2.24, 2.45) is 0 Å². The molecule has 11 heteroatoms. The minimum atomic E-state index is -4.37. The molecule has 0 saturated heterocycles. The number of benzene rings is 3. The molecular weight excluding hydrogens is 564 g/mol. The van der Waals surface area contributed by atoms with E-state index in [1.54, 1.807) is 51.1 Å². The molecule has 3 rings (SSSR count). The number of hydrogen-bond donors (Lipinski definition) is 1. The molecule has 0 aliphatic carbocycles. The van der Waals surface area contributed by atoms with Crippen molar-refractivity contribution in [3.63, 3.8) is 0 Å². The molecule has 0 radical (unpaired) electrons. The van der Waals surface area contributed by atoms with E-state index in [0.717, 1.165) is 15.9 Å². The normalized spacial score (nSPS) is 12.2. The van der Waals surface area contributed by atoms with Crippen molar-refractivity contribution in [1.82, 2.24) is 10.2 Å². The van der Waals surface area contributed by atoms with Gasteiger partial charge in [0.15, 0.2) is 0 Å². The summed E-state index contributed by atoms with van der Waals surface area (Å²) in [6, 6.07) is 14.9. The zero-order valence-corrected chi connectivity index (χ0v) is 24.3. The van der Waals surface area contributed by atoms with E-state index in [9.17, 15) is 22.4 Å². The summed E-state index contributed by atoms with van der Waals surface area (Å²) < 4.78 is 43.1. The predicted octanol–water partition coefficient (Wildman–Crippen LogP) is 5.58. The molecule has 3 aromatic rings. The Kier molecular flexibility index (Phi) is 9.98. The highest BCUT2D eigenvalue weighted by Crippen LogP contribution is 2.28. The minimum absolute atomic E-state index is 0.0713. The number of sulfonamides is 1. The maximum atomic E-state index is 14.9. The molecule has 0 bridgehead atoms. The SMILES string of the molecule is Cc1ccc(S(=O)(=O)N(CC(=O)N(Cc2ccc(Cl)c(Cl)c2)[C@@H](C)C(=O)NC(C)C)c2ccccc2F)cc1. The van der Waals surface area contributed by atoms with Gasteiger partial charge in [0, 0.05) is 12.6 Å². The largest absolute Gasteiger partial charge is 0.352 e. The summed E-state index contributed by atoms with van der Waals surface area (Å²) in [5.41, 5.74) is 1.11. The van der Waals surface area contributed by atoms with E-state index >= 15 is 0 Å². The van der Waals surface area contributed by atoms with Gasteiger partial charge in [-0.3, -0.25) is 13.9 Å². The Balaban J connectivity index is 2.05. The van der Waals surface area contributed by atoms with Crippen molar-refractivity contribution in [3.8, 4) is 0 Å². The van der Waals surface area contributed by atoms with Crippen molar-refractivity contribution in [3.05, 3.63) is 93.7 Å². The quantitative estimate of drug-likeness (QED) is 0.332. The average Bonchev–Trinajstić information content (AvgIpc) is 2.87. The van der Waals surface area contributed by atoms with Crippen LogP contribution in [0.4, 0.5) is 10.1 Å². The van der Waals surface area contributed by atoms with Gasteiger partial charge < -0.3 is 10.2 Å². The lowest BCUT2D eigenvalue weighted by Crippen LogP contribution is -2.52. The Morgan fingerprint density at radius 1 is 0.949 bits per heavy atom. The van der Waals surface area contributed by atoms with Crippen LogP contribution >= 0.6 is 23.2 Å². The molecule has 1 atom stereocenters.